The van der Waals surface area contributed by atoms with Gasteiger partial charge in [0, 0.05) is 29.9 Å². The van der Waals surface area contributed by atoms with Gasteiger partial charge in [0.15, 0.2) is 5.82 Å². The molecule has 234 valence electrons. The Bertz CT molecular complexity index is 2030. The number of fused-ring (bicyclic) bond motifs is 2. The summed E-state index contributed by atoms with van der Waals surface area (Å²) in [4.78, 5) is 41.1. The van der Waals surface area contributed by atoms with Gasteiger partial charge in [-0.15, -0.1) is 0 Å². The number of aryl methyl sites for hydroxylation is 2. The van der Waals surface area contributed by atoms with Gasteiger partial charge in [-0.25, -0.2) is 19.7 Å². The Kier molecular flexibility index (Phi) is 7.69. The van der Waals surface area contributed by atoms with Gasteiger partial charge in [-0.3, -0.25) is 9.69 Å². The van der Waals surface area contributed by atoms with E-state index in [-0.39, 0.29) is 12.5 Å². The fraction of sp³-hybridized carbons (Fsp3) is 0.229. The number of rotatable bonds is 6. The van der Waals surface area contributed by atoms with Gasteiger partial charge in [0.25, 0.3) is 0 Å². The van der Waals surface area contributed by atoms with Gasteiger partial charge in [0.1, 0.15) is 29.1 Å². The minimum Gasteiger partial charge on any atom is -0.495 e. The zero-order chi connectivity index (χ0) is 32.7. The highest BCUT2D eigenvalue weighted by Crippen LogP contribution is 2.48. The molecular weight excluding hydrogens is 584 g/mol. The topological polar surface area (TPSA) is 121 Å². The zero-order valence-electron chi connectivity index (χ0n) is 26.5. The third kappa shape index (κ3) is 5.63. The molecule has 0 aliphatic carbocycles. The predicted molar refractivity (Wildman–Crippen MR) is 176 cm³/mol. The Morgan fingerprint density at radius 3 is 2.59 bits per heavy atom. The van der Waals surface area contributed by atoms with E-state index in [2.05, 4.69) is 26.8 Å². The van der Waals surface area contributed by atoms with Crippen LogP contribution in [0.2, 0.25) is 0 Å². The van der Waals surface area contributed by atoms with E-state index in [1.54, 1.807) is 19.2 Å². The number of benzene rings is 2. The van der Waals surface area contributed by atoms with Crippen LogP contribution in [0.1, 0.15) is 32.0 Å². The number of nitrogens with zero attached hydrogens (tertiary/aromatic N) is 5. The van der Waals surface area contributed by atoms with E-state index in [1.807, 2.05) is 81.8 Å². The van der Waals surface area contributed by atoms with Crippen LogP contribution >= 0.6 is 0 Å². The van der Waals surface area contributed by atoms with E-state index >= 15 is 0 Å². The second-order valence-corrected chi connectivity index (χ2v) is 11.9. The summed E-state index contributed by atoms with van der Waals surface area (Å²) in [5.41, 5.74) is 5.37. The molecule has 11 nitrogen and oxygen atoms in total. The fourth-order valence-electron chi connectivity index (χ4n) is 5.58. The zero-order valence-corrected chi connectivity index (χ0v) is 26.5. The quantitative estimate of drug-likeness (QED) is 0.199. The molecule has 0 unspecified atom stereocenters. The van der Waals surface area contributed by atoms with E-state index < -0.39 is 11.7 Å². The van der Waals surface area contributed by atoms with Crippen molar-refractivity contribution in [3.63, 3.8) is 0 Å². The van der Waals surface area contributed by atoms with E-state index in [0.29, 0.717) is 39.9 Å². The molecule has 0 bridgehead atoms. The van der Waals surface area contributed by atoms with Crippen LogP contribution in [0.5, 0.6) is 17.4 Å². The average Bonchev–Trinajstić information content (AvgIpc) is 3.22. The number of carbonyl (C=O) groups excluding carboxylic acids is 2. The Morgan fingerprint density at radius 1 is 1.07 bits per heavy atom. The van der Waals surface area contributed by atoms with Crippen LogP contribution in [-0.4, -0.2) is 44.2 Å². The van der Waals surface area contributed by atoms with E-state index in [1.165, 1.54) is 17.3 Å². The first-order chi connectivity index (χ1) is 22.0. The smallest absolute Gasteiger partial charge is 0.416 e. The molecule has 1 aliphatic rings. The number of hydrogen-bond acceptors (Lipinski definition) is 8. The van der Waals surface area contributed by atoms with Gasteiger partial charge in [0.05, 0.1) is 30.4 Å². The molecule has 4 heterocycles. The third-order valence-electron chi connectivity index (χ3n) is 7.49. The first kappa shape index (κ1) is 30.3. The lowest BCUT2D eigenvalue weighted by Gasteiger charge is -2.26. The number of anilines is 2. The maximum atomic E-state index is 13.8. The average molecular weight is 619 g/mol. The lowest BCUT2D eigenvalue weighted by atomic mass is 9.95. The summed E-state index contributed by atoms with van der Waals surface area (Å²) in [7, 11) is 3.46. The molecule has 0 atom stereocenters. The van der Waals surface area contributed by atoms with Gasteiger partial charge in [0.2, 0.25) is 11.8 Å². The summed E-state index contributed by atoms with van der Waals surface area (Å²) in [5, 5.41) is 3.48. The minimum absolute atomic E-state index is 0.169. The molecule has 0 fully saturated rings. The van der Waals surface area contributed by atoms with Crippen molar-refractivity contribution in [3.8, 4) is 39.8 Å². The summed E-state index contributed by atoms with van der Waals surface area (Å²) < 4.78 is 19.7. The maximum Gasteiger partial charge on any atom is 0.416 e. The van der Waals surface area contributed by atoms with Gasteiger partial charge >= 0.3 is 6.09 Å². The fourth-order valence-corrected chi connectivity index (χ4v) is 5.58. The molecule has 0 radical (unpaired) electrons. The van der Waals surface area contributed by atoms with Crippen LogP contribution in [0, 0.1) is 6.92 Å². The van der Waals surface area contributed by atoms with Gasteiger partial charge < -0.3 is 24.1 Å². The van der Waals surface area contributed by atoms with Crippen LogP contribution in [0.4, 0.5) is 16.3 Å². The maximum absolute atomic E-state index is 13.8. The van der Waals surface area contributed by atoms with Gasteiger partial charge in [-0.2, -0.15) is 0 Å². The van der Waals surface area contributed by atoms with Crippen molar-refractivity contribution >= 4 is 34.5 Å². The van der Waals surface area contributed by atoms with Crippen molar-refractivity contribution < 1.29 is 23.8 Å². The summed E-state index contributed by atoms with van der Waals surface area (Å²) in [5.74, 6) is 1.57. The van der Waals surface area contributed by atoms with Crippen LogP contribution in [0.25, 0.3) is 33.4 Å². The molecule has 6 rings (SSSR count). The molecule has 3 aromatic heterocycles. The van der Waals surface area contributed by atoms with Gasteiger partial charge in [-0.05, 0) is 75.2 Å². The molecule has 11 heteroatoms. The number of nitrogens with one attached hydrogen (secondary N) is 1. The monoisotopic (exact) mass is 618 g/mol. The molecule has 2 aromatic carbocycles. The normalized spacial score (nSPS) is 12.3. The van der Waals surface area contributed by atoms with Crippen molar-refractivity contribution in [2.45, 2.75) is 39.8 Å². The highest BCUT2D eigenvalue weighted by Gasteiger charge is 2.34. The molecule has 1 N–H and O–H groups in total. The first-order valence-corrected chi connectivity index (χ1v) is 14.7. The Balaban J connectivity index is 1.59. The number of methoxy groups -OCH3 is 1. The number of amides is 2. The number of hydrogen-bond donors (Lipinski definition) is 1. The second kappa shape index (κ2) is 11.7. The van der Waals surface area contributed by atoms with Crippen molar-refractivity contribution in [1.29, 1.82) is 0 Å². The predicted octanol–water partition coefficient (Wildman–Crippen LogP) is 7.19. The Morgan fingerprint density at radius 2 is 1.87 bits per heavy atom. The number of aromatic nitrogens is 4. The van der Waals surface area contributed by atoms with E-state index in [4.69, 9.17) is 14.2 Å². The number of pyridine rings is 1. The number of ether oxygens (including phenoxy) is 3. The van der Waals surface area contributed by atoms with Crippen molar-refractivity contribution in [2.24, 2.45) is 7.05 Å². The van der Waals surface area contributed by atoms with Crippen molar-refractivity contribution in [2.75, 3.05) is 17.3 Å². The molecule has 0 spiro atoms. The highest BCUT2D eigenvalue weighted by atomic mass is 16.6. The summed E-state index contributed by atoms with van der Waals surface area (Å²) >= 11 is 0. The van der Waals surface area contributed by atoms with Crippen LogP contribution in [0.3, 0.4) is 0 Å². The summed E-state index contributed by atoms with van der Waals surface area (Å²) in [6.45, 7) is 11.1. The van der Waals surface area contributed by atoms with Crippen LogP contribution in [-0.2, 0) is 23.1 Å². The minimum atomic E-state index is -0.732. The third-order valence-corrected chi connectivity index (χ3v) is 7.49. The Labute approximate surface area is 266 Å². The highest BCUT2D eigenvalue weighted by molar-refractivity contribution is 6.12. The molecular formula is C35H34N6O5. The molecule has 2 amide bonds. The van der Waals surface area contributed by atoms with Gasteiger partial charge in [-0.1, -0.05) is 24.8 Å². The van der Waals surface area contributed by atoms with Crippen molar-refractivity contribution in [3.05, 3.63) is 84.8 Å². The van der Waals surface area contributed by atoms with Crippen molar-refractivity contribution in [1.82, 2.24) is 19.5 Å². The first-order valence-electron chi connectivity index (χ1n) is 14.7. The summed E-state index contributed by atoms with van der Waals surface area (Å²) in [6, 6.07) is 16.9. The number of carbonyl (C=O) groups is 2. The summed E-state index contributed by atoms with van der Waals surface area (Å²) in [6.07, 6.45) is 2.11. The van der Waals surface area contributed by atoms with Crippen LogP contribution in [0.15, 0.2) is 73.6 Å². The largest absolute Gasteiger partial charge is 0.495 e. The lowest BCUT2D eigenvalue weighted by Crippen LogP contribution is -2.37. The molecule has 46 heavy (non-hydrogen) atoms. The molecule has 0 saturated heterocycles. The molecule has 0 saturated carbocycles. The van der Waals surface area contributed by atoms with E-state index in [0.717, 1.165) is 33.6 Å². The standard InChI is InChI=1S/C35H34N6O5/c1-8-27(42)39-25-15-12-21(17-26(25)44-7)31-29-24-14-13-23(45-28-11-9-10-20(2)38-28)16-22(24)18-41(34(43)46-35(3,4)5)33-30(29)32(40(31)6)36-19-37-33/h8-17,19H,1,18H2,2-7H3,(H,39,42). The van der Waals surface area contributed by atoms with E-state index in [9.17, 15) is 9.59 Å². The lowest BCUT2D eigenvalue weighted by molar-refractivity contribution is -0.111. The SMILES string of the molecule is C=CC(=O)Nc1ccc(-c2c3c4c(ncnc4n2C)N(C(=O)OC(C)(C)C)Cc2cc(Oc4cccc(C)n4)ccc2-3)cc1OC. The molecule has 5 aromatic rings. The second-order valence-electron chi connectivity index (χ2n) is 11.9. The molecule has 1 aliphatic heterocycles. The van der Waals surface area contributed by atoms with Crippen LogP contribution < -0.4 is 19.7 Å². The Hall–Kier alpha value is -5.71.